The molecule has 2 aromatic carbocycles. The lowest BCUT2D eigenvalue weighted by Crippen LogP contribution is -2.54. The third-order valence-corrected chi connectivity index (χ3v) is 6.80. The molecule has 0 bridgehead atoms. The number of carbonyl (C=O) groups is 1. The second-order valence-corrected chi connectivity index (χ2v) is 9.20. The second kappa shape index (κ2) is 8.32. The normalized spacial score (nSPS) is 19.1. The summed E-state index contributed by atoms with van der Waals surface area (Å²) in [6, 6.07) is 9.32. The Kier molecular flexibility index (Phi) is 5.96. The van der Waals surface area contributed by atoms with Crippen molar-refractivity contribution >= 4 is 67.8 Å². The van der Waals surface area contributed by atoms with E-state index in [2.05, 4.69) is 55.1 Å². The molecule has 1 aliphatic rings. The number of rotatable bonds is 6. The van der Waals surface area contributed by atoms with Crippen molar-refractivity contribution in [3.8, 4) is 5.75 Å². The Bertz CT molecular complexity index is 1050. The molecule has 0 unspecified atom stereocenters. The molecule has 1 amide bonds. The van der Waals surface area contributed by atoms with Gasteiger partial charge in [-0.1, -0.05) is 6.92 Å². The standard InChI is InChI=1S/C20H17F2I2N3O2/c1-10-19(18-13(23)7-12(8-14(18)24)29-5-4-17(21)22)27(20(10)28)11-2-3-15-16(6-11)26-9-25-15/h2-3,6-10,17,19H,4-5H2,1H3,(H,25,26)/t10-,19-/m1/s1. The van der Waals surface area contributed by atoms with Gasteiger partial charge in [0.2, 0.25) is 12.3 Å². The summed E-state index contributed by atoms with van der Waals surface area (Å²) in [5.74, 6) is 0.470. The van der Waals surface area contributed by atoms with Crippen molar-refractivity contribution in [1.82, 2.24) is 9.97 Å². The van der Waals surface area contributed by atoms with Crippen molar-refractivity contribution in [1.29, 1.82) is 0 Å². The lowest BCUT2D eigenvalue weighted by Gasteiger charge is -2.46. The number of imidazole rings is 1. The van der Waals surface area contributed by atoms with Gasteiger partial charge in [-0.2, -0.15) is 0 Å². The number of amides is 1. The number of fused-ring (bicyclic) bond motifs is 1. The fourth-order valence-electron chi connectivity index (χ4n) is 3.56. The smallest absolute Gasteiger partial charge is 0.241 e. The van der Waals surface area contributed by atoms with Gasteiger partial charge >= 0.3 is 0 Å². The van der Waals surface area contributed by atoms with Gasteiger partial charge in [0, 0.05) is 24.8 Å². The summed E-state index contributed by atoms with van der Waals surface area (Å²) in [7, 11) is 0. The molecule has 9 heteroatoms. The van der Waals surface area contributed by atoms with E-state index in [1.807, 2.05) is 37.3 Å². The van der Waals surface area contributed by atoms with E-state index in [0.29, 0.717) is 5.75 Å². The van der Waals surface area contributed by atoms with Crippen LogP contribution in [0, 0.1) is 13.1 Å². The van der Waals surface area contributed by atoms with Crippen molar-refractivity contribution in [2.75, 3.05) is 11.5 Å². The lowest BCUT2D eigenvalue weighted by molar-refractivity contribution is -0.129. The number of benzene rings is 2. The predicted molar refractivity (Wildman–Crippen MR) is 123 cm³/mol. The van der Waals surface area contributed by atoms with E-state index >= 15 is 0 Å². The summed E-state index contributed by atoms with van der Waals surface area (Å²) in [5.41, 5.74) is 3.57. The van der Waals surface area contributed by atoms with Crippen molar-refractivity contribution in [3.63, 3.8) is 0 Å². The number of β-lactam (4-membered cyclic amide) rings is 1. The number of ether oxygens (including phenoxy) is 1. The molecule has 5 nitrogen and oxygen atoms in total. The average Bonchev–Trinajstić information content (AvgIpc) is 3.14. The van der Waals surface area contributed by atoms with Crippen LogP contribution in [0.15, 0.2) is 36.7 Å². The molecule has 0 saturated carbocycles. The summed E-state index contributed by atoms with van der Waals surface area (Å²) < 4.78 is 32.1. The molecular formula is C20H17F2I2N3O2. The molecule has 1 aromatic heterocycles. The van der Waals surface area contributed by atoms with Crippen LogP contribution in [-0.2, 0) is 4.79 Å². The van der Waals surface area contributed by atoms with Gasteiger partial charge in [0.1, 0.15) is 5.75 Å². The van der Waals surface area contributed by atoms with E-state index < -0.39 is 6.43 Å². The molecule has 0 aliphatic carbocycles. The molecule has 152 valence electrons. The Balaban J connectivity index is 1.64. The molecule has 2 atom stereocenters. The highest BCUT2D eigenvalue weighted by Crippen LogP contribution is 2.47. The van der Waals surface area contributed by atoms with Crippen molar-refractivity contribution in [2.24, 2.45) is 5.92 Å². The zero-order valence-corrected chi connectivity index (χ0v) is 19.6. The third kappa shape index (κ3) is 3.94. The third-order valence-electron chi connectivity index (χ3n) is 5.02. The van der Waals surface area contributed by atoms with E-state index in [4.69, 9.17) is 4.74 Å². The van der Waals surface area contributed by atoms with Gasteiger partial charge in [0.25, 0.3) is 0 Å². The molecule has 2 heterocycles. The molecular weight excluding hydrogens is 606 g/mol. The summed E-state index contributed by atoms with van der Waals surface area (Å²) in [6.45, 7) is 1.90. The Labute approximate surface area is 193 Å². The van der Waals surface area contributed by atoms with Gasteiger partial charge in [-0.25, -0.2) is 13.8 Å². The Morgan fingerprint density at radius 2 is 1.97 bits per heavy atom. The first kappa shape index (κ1) is 20.8. The summed E-state index contributed by atoms with van der Waals surface area (Å²) in [6.07, 6.45) is -1.05. The van der Waals surface area contributed by atoms with E-state index in [-0.39, 0.29) is 30.9 Å². The van der Waals surface area contributed by atoms with Crippen LogP contribution in [0.1, 0.15) is 24.9 Å². The van der Waals surface area contributed by atoms with Crippen LogP contribution in [0.4, 0.5) is 14.5 Å². The minimum absolute atomic E-state index is 0.0305. The molecule has 4 rings (SSSR count). The number of aromatic amines is 1. The summed E-state index contributed by atoms with van der Waals surface area (Å²) in [4.78, 5) is 21.9. The minimum atomic E-state index is -2.38. The van der Waals surface area contributed by atoms with E-state index in [1.54, 1.807) is 11.2 Å². The maximum absolute atomic E-state index is 12.7. The van der Waals surface area contributed by atoms with Crippen LogP contribution in [0.2, 0.25) is 0 Å². The maximum Gasteiger partial charge on any atom is 0.241 e. The largest absolute Gasteiger partial charge is 0.493 e. The number of alkyl halides is 2. The number of nitrogens with one attached hydrogen (secondary N) is 1. The topological polar surface area (TPSA) is 58.2 Å². The zero-order chi connectivity index (χ0) is 20.7. The number of nitrogens with zero attached hydrogens (tertiary/aromatic N) is 2. The van der Waals surface area contributed by atoms with Gasteiger partial charge in [-0.3, -0.25) is 4.79 Å². The number of anilines is 1. The quantitative estimate of drug-likeness (QED) is 0.291. The molecule has 1 saturated heterocycles. The summed E-state index contributed by atoms with van der Waals surface area (Å²) in [5, 5.41) is 0. The number of hydrogen-bond acceptors (Lipinski definition) is 3. The SMILES string of the molecule is C[C@H]1C(=O)N(c2ccc3[nH]cnc3c2)[C@H]1c1c(I)cc(OCCC(F)F)cc1I. The monoisotopic (exact) mass is 623 g/mol. The Hall–Kier alpha value is -1.50. The molecule has 0 spiro atoms. The fourth-order valence-corrected chi connectivity index (χ4v) is 5.91. The first-order valence-electron chi connectivity index (χ1n) is 9.03. The first-order valence-corrected chi connectivity index (χ1v) is 11.2. The lowest BCUT2D eigenvalue weighted by atomic mass is 9.83. The van der Waals surface area contributed by atoms with Crippen LogP contribution in [0.3, 0.4) is 0 Å². The van der Waals surface area contributed by atoms with E-state index in [1.165, 1.54) is 0 Å². The zero-order valence-electron chi connectivity index (χ0n) is 15.3. The Morgan fingerprint density at radius 1 is 1.24 bits per heavy atom. The minimum Gasteiger partial charge on any atom is -0.493 e. The maximum atomic E-state index is 12.7. The van der Waals surface area contributed by atoms with Crippen LogP contribution in [0.5, 0.6) is 5.75 Å². The second-order valence-electron chi connectivity index (χ2n) is 6.87. The number of halogens is 4. The van der Waals surface area contributed by atoms with Gasteiger partial charge in [0.05, 0.1) is 35.9 Å². The predicted octanol–water partition coefficient (Wildman–Crippen LogP) is 5.53. The molecule has 1 fully saturated rings. The molecule has 0 radical (unpaired) electrons. The van der Waals surface area contributed by atoms with Gasteiger partial charge in [-0.05, 0) is 75.5 Å². The van der Waals surface area contributed by atoms with Crippen molar-refractivity contribution < 1.29 is 18.3 Å². The van der Waals surface area contributed by atoms with Crippen LogP contribution < -0.4 is 9.64 Å². The number of carbonyl (C=O) groups excluding carboxylic acids is 1. The number of hydrogen-bond donors (Lipinski definition) is 1. The van der Waals surface area contributed by atoms with Crippen LogP contribution in [0.25, 0.3) is 11.0 Å². The molecule has 1 aliphatic heterocycles. The molecule has 3 aromatic rings. The van der Waals surface area contributed by atoms with E-state index in [9.17, 15) is 13.6 Å². The summed E-state index contributed by atoms with van der Waals surface area (Å²) >= 11 is 4.44. The van der Waals surface area contributed by atoms with Crippen molar-refractivity contribution in [3.05, 3.63) is 49.4 Å². The van der Waals surface area contributed by atoms with Gasteiger partial charge in [-0.15, -0.1) is 0 Å². The van der Waals surface area contributed by atoms with Gasteiger partial charge in [0.15, 0.2) is 0 Å². The fraction of sp³-hybridized carbons (Fsp3) is 0.300. The highest BCUT2D eigenvalue weighted by molar-refractivity contribution is 14.1. The average molecular weight is 623 g/mol. The highest BCUT2D eigenvalue weighted by Gasteiger charge is 2.47. The van der Waals surface area contributed by atoms with Crippen LogP contribution in [-0.4, -0.2) is 28.9 Å². The Morgan fingerprint density at radius 3 is 2.66 bits per heavy atom. The number of aromatic nitrogens is 2. The van der Waals surface area contributed by atoms with Crippen LogP contribution >= 0.6 is 45.2 Å². The first-order chi connectivity index (χ1) is 13.9. The van der Waals surface area contributed by atoms with E-state index in [0.717, 1.165) is 29.4 Å². The molecule has 1 N–H and O–H groups in total. The van der Waals surface area contributed by atoms with Crippen molar-refractivity contribution in [2.45, 2.75) is 25.8 Å². The highest BCUT2D eigenvalue weighted by atomic mass is 127. The molecule has 29 heavy (non-hydrogen) atoms. The van der Waals surface area contributed by atoms with Gasteiger partial charge < -0.3 is 14.6 Å². The number of H-pyrrole nitrogens is 1.